The third kappa shape index (κ3) is 7.28. The van der Waals surface area contributed by atoms with Gasteiger partial charge in [-0.2, -0.15) is 0 Å². The molecule has 3 nitrogen and oxygen atoms in total. The van der Waals surface area contributed by atoms with Gasteiger partial charge in [0, 0.05) is 32.2 Å². The van der Waals surface area contributed by atoms with E-state index in [2.05, 4.69) is 51.3 Å². The van der Waals surface area contributed by atoms with E-state index in [-0.39, 0.29) is 0 Å². The van der Waals surface area contributed by atoms with Gasteiger partial charge in [-0.25, -0.2) is 0 Å². The molecule has 0 bridgehead atoms. The van der Waals surface area contributed by atoms with E-state index in [1.165, 1.54) is 32.6 Å². The normalized spacial score (nSPS) is 23.2. The maximum absolute atomic E-state index is 5.66. The van der Waals surface area contributed by atoms with E-state index in [0.717, 1.165) is 13.2 Å². The Bertz CT molecular complexity index is 248. The van der Waals surface area contributed by atoms with Gasteiger partial charge in [0.2, 0.25) is 0 Å². The Morgan fingerprint density at radius 2 is 1.84 bits per heavy atom. The molecule has 0 aliphatic carbocycles. The molecular formula is C16H34N2O. The van der Waals surface area contributed by atoms with Crippen molar-refractivity contribution in [1.82, 2.24) is 9.80 Å². The van der Waals surface area contributed by atoms with Gasteiger partial charge in [-0.1, -0.05) is 20.8 Å². The lowest BCUT2D eigenvalue weighted by molar-refractivity contribution is 0.0238. The standard InChI is InChI=1S/C16H34N2O/c1-14(2)19-12-11-18-10-9-17(13-15(18)3)8-7-16(4,5)6/h14-15H,7-13H2,1-6H3/t15-/m0/s1. The van der Waals surface area contributed by atoms with Gasteiger partial charge in [-0.05, 0) is 39.2 Å². The second kappa shape index (κ2) is 7.61. The van der Waals surface area contributed by atoms with Crippen molar-refractivity contribution >= 4 is 0 Å². The lowest BCUT2D eigenvalue weighted by Gasteiger charge is -2.40. The Labute approximate surface area is 120 Å². The van der Waals surface area contributed by atoms with Crippen molar-refractivity contribution in [2.45, 2.75) is 60.1 Å². The number of ether oxygens (including phenoxy) is 1. The van der Waals surface area contributed by atoms with Crippen LogP contribution in [-0.2, 0) is 4.74 Å². The minimum Gasteiger partial charge on any atom is -0.377 e. The van der Waals surface area contributed by atoms with Crippen molar-refractivity contribution in [3.05, 3.63) is 0 Å². The Kier molecular flexibility index (Phi) is 6.78. The fraction of sp³-hybridized carbons (Fsp3) is 1.00. The highest BCUT2D eigenvalue weighted by Crippen LogP contribution is 2.20. The molecular weight excluding hydrogens is 236 g/mol. The molecule has 114 valence electrons. The first kappa shape index (κ1) is 16.9. The smallest absolute Gasteiger partial charge is 0.0597 e. The molecule has 1 atom stereocenters. The molecule has 1 heterocycles. The van der Waals surface area contributed by atoms with Crippen molar-refractivity contribution in [3.63, 3.8) is 0 Å². The maximum atomic E-state index is 5.66. The second-order valence-corrected chi connectivity index (χ2v) is 7.42. The Morgan fingerprint density at radius 1 is 1.16 bits per heavy atom. The van der Waals surface area contributed by atoms with Gasteiger partial charge >= 0.3 is 0 Å². The summed E-state index contributed by atoms with van der Waals surface area (Å²) in [6.45, 7) is 20.3. The summed E-state index contributed by atoms with van der Waals surface area (Å²) in [4.78, 5) is 5.19. The number of hydrogen-bond acceptors (Lipinski definition) is 3. The van der Waals surface area contributed by atoms with Gasteiger partial charge in [0.15, 0.2) is 0 Å². The second-order valence-electron chi connectivity index (χ2n) is 7.42. The van der Waals surface area contributed by atoms with Crippen molar-refractivity contribution in [2.24, 2.45) is 5.41 Å². The molecule has 1 aliphatic rings. The Balaban J connectivity index is 2.23. The topological polar surface area (TPSA) is 15.7 Å². The molecule has 0 saturated carbocycles. The summed E-state index contributed by atoms with van der Waals surface area (Å²) in [6.07, 6.45) is 1.64. The zero-order valence-electron chi connectivity index (χ0n) is 13.9. The van der Waals surface area contributed by atoms with Crippen LogP contribution in [0.15, 0.2) is 0 Å². The number of piperazine rings is 1. The SMILES string of the molecule is CC(C)OCCN1CCN(CCC(C)(C)C)C[C@@H]1C. The van der Waals surface area contributed by atoms with Gasteiger partial charge in [0.25, 0.3) is 0 Å². The van der Waals surface area contributed by atoms with E-state index in [0.29, 0.717) is 17.6 Å². The van der Waals surface area contributed by atoms with E-state index in [1.807, 2.05) is 0 Å². The summed E-state index contributed by atoms with van der Waals surface area (Å²) >= 11 is 0. The molecule has 0 N–H and O–H groups in total. The zero-order valence-corrected chi connectivity index (χ0v) is 13.9. The number of rotatable bonds is 6. The molecule has 3 heteroatoms. The first-order chi connectivity index (χ1) is 8.78. The first-order valence-corrected chi connectivity index (χ1v) is 7.86. The van der Waals surface area contributed by atoms with Gasteiger partial charge < -0.3 is 9.64 Å². The van der Waals surface area contributed by atoms with Crippen LogP contribution in [0.3, 0.4) is 0 Å². The zero-order chi connectivity index (χ0) is 14.5. The predicted molar refractivity (Wildman–Crippen MR) is 82.6 cm³/mol. The Morgan fingerprint density at radius 3 is 2.37 bits per heavy atom. The fourth-order valence-corrected chi connectivity index (χ4v) is 2.51. The van der Waals surface area contributed by atoms with Crippen LogP contribution in [-0.4, -0.2) is 61.3 Å². The lowest BCUT2D eigenvalue weighted by atomic mass is 9.92. The largest absolute Gasteiger partial charge is 0.377 e. The van der Waals surface area contributed by atoms with Gasteiger partial charge in [-0.15, -0.1) is 0 Å². The summed E-state index contributed by atoms with van der Waals surface area (Å²) in [5.74, 6) is 0. The molecule has 1 saturated heterocycles. The monoisotopic (exact) mass is 270 g/mol. The minimum atomic E-state index is 0.350. The molecule has 1 fully saturated rings. The number of nitrogens with zero attached hydrogens (tertiary/aromatic N) is 2. The number of hydrogen-bond donors (Lipinski definition) is 0. The third-order valence-electron chi connectivity index (χ3n) is 3.86. The van der Waals surface area contributed by atoms with Gasteiger partial charge in [0.1, 0.15) is 0 Å². The summed E-state index contributed by atoms with van der Waals surface area (Å²) in [7, 11) is 0. The molecule has 0 aromatic heterocycles. The summed E-state index contributed by atoms with van der Waals surface area (Å²) < 4.78 is 5.66. The first-order valence-electron chi connectivity index (χ1n) is 7.86. The summed E-state index contributed by atoms with van der Waals surface area (Å²) in [5, 5.41) is 0. The molecule has 0 spiro atoms. The summed E-state index contributed by atoms with van der Waals surface area (Å²) in [5.41, 5.74) is 0.450. The highest BCUT2D eigenvalue weighted by Gasteiger charge is 2.24. The molecule has 0 unspecified atom stereocenters. The fourth-order valence-electron chi connectivity index (χ4n) is 2.51. The third-order valence-corrected chi connectivity index (χ3v) is 3.86. The average molecular weight is 270 g/mol. The van der Waals surface area contributed by atoms with Crippen LogP contribution < -0.4 is 0 Å². The van der Waals surface area contributed by atoms with Crippen LogP contribution in [0, 0.1) is 5.41 Å². The van der Waals surface area contributed by atoms with Gasteiger partial charge in [-0.3, -0.25) is 4.90 Å². The van der Waals surface area contributed by atoms with Crippen LogP contribution in [0.1, 0.15) is 48.0 Å². The molecule has 1 rings (SSSR count). The molecule has 0 aromatic carbocycles. The average Bonchev–Trinajstić information content (AvgIpc) is 2.27. The van der Waals surface area contributed by atoms with Crippen molar-refractivity contribution in [3.8, 4) is 0 Å². The van der Waals surface area contributed by atoms with E-state index >= 15 is 0 Å². The lowest BCUT2D eigenvalue weighted by Crippen LogP contribution is -2.53. The molecule has 1 aliphatic heterocycles. The van der Waals surface area contributed by atoms with E-state index < -0.39 is 0 Å². The highest BCUT2D eigenvalue weighted by molar-refractivity contribution is 4.80. The maximum Gasteiger partial charge on any atom is 0.0597 e. The van der Waals surface area contributed by atoms with Crippen molar-refractivity contribution in [1.29, 1.82) is 0 Å². The van der Waals surface area contributed by atoms with Crippen molar-refractivity contribution < 1.29 is 4.74 Å². The van der Waals surface area contributed by atoms with Crippen LogP contribution in [0.5, 0.6) is 0 Å². The van der Waals surface area contributed by atoms with E-state index in [9.17, 15) is 0 Å². The Hall–Kier alpha value is -0.120. The molecule has 0 radical (unpaired) electrons. The predicted octanol–water partition coefficient (Wildman–Crippen LogP) is 2.85. The quantitative estimate of drug-likeness (QED) is 0.738. The molecule has 0 amide bonds. The molecule has 0 aromatic rings. The summed E-state index contributed by atoms with van der Waals surface area (Å²) in [6, 6.07) is 0.657. The van der Waals surface area contributed by atoms with Crippen LogP contribution in [0.25, 0.3) is 0 Å². The molecule has 19 heavy (non-hydrogen) atoms. The minimum absolute atomic E-state index is 0.350. The van der Waals surface area contributed by atoms with E-state index in [1.54, 1.807) is 0 Å². The van der Waals surface area contributed by atoms with Crippen LogP contribution >= 0.6 is 0 Å². The van der Waals surface area contributed by atoms with Crippen LogP contribution in [0.4, 0.5) is 0 Å². The van der Waals surface area contributed by atoms with E-state index in [4.69, 9.17) is 4.74 Å². The van der Waals surface area contributed by atoms with Crippen LogP contribution in [0.2, 0.25) is 0 Å². The van der Waals surface area contributed by atoms with Crippen molar-refractivity contribution in [2.75, 3.05) is 39.3 Å². The highest BCUT2D eigenvalue weighted by atomic mass is 16.5. The van der Waals surface area contributed by atoms with Gasteiger partial charge in [0.05, 0.1) is 12.7 Å².